The Bertz CT molecular complexity index is 556. The number of amides is 1. The fourth-order valence-electron chi connectivity index (χ4n) is 3.97. The molecule has 2 saturated heterocycles. The first kappa shape index (κ1) is 24.5. The van der Waals surface area contributed by atoms with Gasteiger partial charge in [0, 0.05) is 43.7 Å². The minimum absolute atomic E-state index is 0. The summed E-state index contributed by atoms with van der Waals surface area (Å²) in [5.74, 6) is 1.08. The Kier molecular flexibility index (Phi) is 11.0. The summed E-state index contributed by atoms with van der Waals surface area (Å²) >= 11 is 5.98. The van der Waals surface area contributed by atoms with Gasteiger partial charge in [-0.3, -0.25) is 9.69 Å². The number of carbonyl (C=O) groups is 1. The van der Waals surface area contributed by atoms with Crippen LogP contribution in [0.1, 0.15) is 44.2 Å². The minimum Gasteiger partial charge on any atom is -0.340 e. The van der Waals surface area contributed by atoms with Crippen LogP contribution in [0, 0.1) is 5.92 Å². The molecule has 1 atom stereocenters. The first-order valence-electron chi connectivity index (χ1n) is 9.61. The normalized spacial score (nSPS) is 19.7. The van der Waals surface area contributed by atoms with Gasteiger partial charge < -0.3 is 10.2 Å². The highest BCUT2D eigenvalue weighted by Gasteiger charge is 2.25. The van der Waals surface area contributed by atoms with Gasteiger partial charge in [0.1, 0.15) is 0 Å². The van der Waals surface area contributed by atoms with Gasteiger partial charge in [0.15, 0.2) is 0 Å². The predicted molar refractivity (Wildman–Crippen MR) is 117 cm³/mol. The van der Waals surface area contributed by atoms with Gasteiger partial charge in [0.25, 0.3) is 0 Å². The third kappa shape index (κ3) is 7.10. The number of nitrogens with zero attached hydrogens (tertiary/aromatic N) is 2. The number of carbonyl (C=O) groups excluding carboxylic acids is 1. The van der Waals surface area contributed by atoms with Crippen LogP contribution in [-0.4, -0.2) is 55.0 Å². The summed E-state index contributed by atoms with van der Waals surface area (Å²) in [6.07, 6.45) is 4.22. The quantitative estimate of drug-likeness (QED) is 0.752. The molecule has 1 amide bonds. The second kappa shape index (κ2) is 12.1. The zero-order valence-electron chi connectivity index (χ0n) is 16.0. The van der Waals surface area contributed by atoms with Crippen molar-refractivity contribution in [2.24, 2.45) is 5.92 Å². The average Bonchev–Trinajstić information content (AvgIpc) is 2.67. The molecule has 2 heterocycles. The summed E-state index contributed by atoms with van der Waals surface area (Å²) in [6, 6.07) is 8.47. The van der Waals surface area contributed by atoms with Crippen LogP contribution in [0.4, 0.5) is 0 Å². The molecule has 0 spiro atoms. The summed E-state index contributed by atoms with van der Waals surface area (Å²) in [5, 5.41) is 4.17. The van der Waals surface area contributed by atoms with Crippen LogP contribution in [0.25, 0.3) is 0 Å². The third-order valence-electron chi connectivity index (χ3n) is 5.79. The Morgan fingerprint density at radius 1 is 1.11 bits per heavy atom. The SMILES string of the molecule is CC(c1ccc(Cl)cc1)N1CCN(C(=O)CCC2CCNCC2)CC1.Cl.Cl. The van der Waals surface area contributed by atoms with E-state index >= 15 is 0 Å². The van der Waals surface area contributed by atoms with Crippen molar-refractivity contribution in [3.8, 4) is 0 Å². The van der Waals surface area contributed by atoms with Gasteiger partial charge in [-0.15, -0.1) is 24.8 Å². The van der Waals surface area contributed by atoms with Gasteiger partial charge in [0.2, 0.25) is 5.91 Å². The molecule has 1 unspecified atom stereocenters. The van der Waals surface area contributed by atoms with Crippen molar-refractivity contribution >= 4 is 42.3 Å². The van der Waals surface area contributed by atoms with Crippen LogP contribution < -0.4 is 5.32 Å². The van der Waals surface area contributed by atoms with E-state index in [1.807, 2.05) is 12.1 Å². The van der Waals surface area contributed by atoms with Crippen molar-refractivity contribution in [1.29, 1.82) is 0 Å². The number of hydrogen-bond donors (Lipinski definition) is 1. The van der Waals surface area contributed by atoms with E-state index in [4.69, 9.17) is 11.6 Å². The molecule has 27 heavy (non-hydrogen) atoms. The number of nitrogens with one attached hydrogen (secondary N) is 1. The molecule has 2 aliphatic rings. The molecule has 0 aliphatic carbocycles. The summed E-state index contributed by atoms with van der Waals surface area (Å²) in [6.45, 7) is 8.05. The number of rotatable bonds is 5. The zero-order chi connectivity index (χ0) is 17.6. The van der Waals surface area contributed by atoms with Gasteiger partial charge in [-0.2, -0.15) is 0 Å². The number of halogens is 3. The van der Waals surface area contributed by atoms with E-state index in [9.17, 15) is 4.79 Å². The Balaban J connectivity index is 0.00000182. The van der Waals surface area contributed by atoms with E-state index < -0.39 is 0 Å². The number of piperidine rings is 1. The molecule has 0 aromatic heterocycles. The largest absolute Gasteiger partial charge is 0.340 e. The smallest absolute Gasteiger partial charge is 0.222 e. The highest BCUT2D eigenvalue weighted by Crippen LogP contribution is 2.24. The molecule has 154 valence electrons. The molecular formula is C20H32Cl3N3O. The number of benzene rings is 1. The van der Waals surface area contributed by atoms with E-state index in [0.29, 0.717) is 11.9 Å². The first-order chi connectivity index (χ1) is 12.1. The predicted octanol–water partition coefficient (Wildman–Crippen LogP) is 4.17. The summed E-state index contributed by atoms with van der Waals surface area (Å²) in [5.41, 5.74) is 1.29. The summed E-state index contributed by atoms with van der Waals surface area (Å²) in [4.78, 5) is 17.0. The lowest BCUT2D eigenvalue weighted by Crippen LogP contribution is -2.49. The average molecular weight is 437 g/mol. The molecular weight excluding hydrogens is 405 g/mol. The first-order valence-corrected chi connectivity index (χ1v) is 9.99. The topological polar surface area (TPSA) is 35.6 Å². The fourth-order valence-corrected chi connectivity index (χ4v) is 4.09. The van der Waals surface area contributed by atoms with E-state index in [0.717, 1.165) is 63.1 Å². The molecule has 3 rings (SSSR count). The van der Waals surface area contributed by atoms with Gasteiger partial charge in [-0.25, -0.2) is 0 Å². The van der Waals surface area contributed by atoms with Crippen LogP contribution in [0.3, 0.4) is 0 Å². The van der Waals surface area contributed by atoms with Crippen LogP contribution >= 0.6 is 36.4 Å². The highest BCUT2D eigenvalue weighted by atomic mass is 35.5. The maximum atomic E-state index is 12.5. The van der Waals surface area contributed by atoms with Crippen molar-refractivity contribution in [2.45, 2.75) is 38.6 Å². The van der Waals surface area contributed by atoms with E-state index in [2.05, 4.69) is 34.2 Å². The number of hydrogen-bond acceptors (Lipinski definition) is 3. The Labute approximate surface area is 180 Å². The lowest BCUT2D eigenvalue weighted by Gasteiger charge is -2.38. The van der Waals surface area contributed by atoms with Crippen molar-refractivity contribution in [1.82, 2.24) is 15.1 Å². The van der Waals surface area contributed by atoms with E-state index in [1.165, 1.54) is 18.4 Å². The fraction of sp³-hybridized carbons (Fsp3) is 0.650. The molecule has 1 N–H and O–H groups in total. The van der Waals surface area contributed by atoms with Gasteiger partial charge in [0.05, 0.1) is 0 Å². The lowest BCUT2D eigenvalue weighted by atomic mass is 9.93. The third-order valence-corrected chi connectivity index (χ3v) is 6.04. The standard InChI is InChI=1S/C20H30ClN3O.2ClH/c1-16(18-3-5-19(21)6-4-18)23-12-14-24(15-13-23)20(25)7-2-17-8-10-22-11-9-17;;/h3-6,16-17,22H,2,7-15H2,1H3;2*1H. The van der Waals surface area contributed by atoms with Crippen molar-refractivity contribution in [3.63, 3.8) is 0 Å². The molecule has 0 radical (unpaired) electrons. The van der Waals surface area contributed by atoms with Gasteiger partial charge in [-0.1, -0.05) is 23.7 Å². The highest BCUT2D eigenvalue weighted by molar-refractivity contribution is 6.30. The molecule has 2 aliphatic heterocycles. The monoisotopic (exact) mass is 435 g/mol. The van der Waals surface area contributed by atoms with Crippen LogP contribution in [-0.2, 0) is 4.79 Å². The molecule has 2 fully saturated rings. The molecule has 0 saturated carbocycles. The zero-order valence-corrected chi connectivity index (χ0v) is 18.4. The second-order valence-electron chi connectivity index (χ2n) is 7.38. The van der Waals surface area contributed by atoms with E-state index in [1.54, 1.807) is 0 Å². The van der Waals surface area contributed by atoms with Crippen LogP contribution in [0.15, 0.2) is 24.3 Å². The maximum absolute atomic E-state index is 12.5. The number of piperazine rings is 1. The lowest BCUT2D eigenvalue weighted by molar-refractivity contribution is -0.133. The maximum Gasteiger partial charge on any atom is 0.222 e. The summed E-state index contributed by atoms with van der Waals surface area (Å²) < 4.78 is 0. The second-order valence-corrected chi connectivity index (χ2v) is 7.81. The van der Waals surface area contributed by atoms with Crippen molar-refractivity contribution in [2.75, 3.05) is 39.3 Å². The minimum atomic E-state index is 0. The Morgan fingerprint density at radius 2 is 1.70 bits per heavy atom. The molecule has 1 aromatic carbocycles. The van der Waals surface area contributed by atoms with Gasteiger partial charge >= 0.3 is 0 Å². The van der Waals surface area contributed by atoms with Crippen molar-refractivity contribution in [3.05, 3.63) is 34.9 Å². The molecule has 7 heteroatoms. The van der Waals surface area contributed by atoms with Crippen LogP contribution in [0.2, 0.25) is 5.02 Å². The van der Waals surface area contributed by atoms with Crippen LogP contribution in [0.5, 0.6) is 0 Å². The van der Waals surface area contributed by atoms with Crippen molar-refractivity contribution < 1.29 is 4.79 Å². The molecule has 1 aromatic rings. The summed E-state index contributed by atoms with van der Waals surface area (Å²) in [7, 11) is 0. The van der Waals surface area contributed by atoms with Gasteiger partial charge in [-0.05, 0) is 62.9 Å². The molecule has 4 nitrogen and oxygen atoms in total. The molecule has 0 bridgehead atoms. The van der Waals surface area contributed by atoms with E-state index in [-0.39, 0.29) is 24.8 Å². The Morgan fingerprint density at radius 3 is 2.30 bits per heavy atom. The Hall–Kier alpha value is -0.520.